The van der Waals surface area contributed by atoms with Crippen LogP contribution in [0.15, 0.2) is 47.0 Å². The Bertz CT molecular complexity index is 976. The predicted octanol–water partition coefficient (Wildman–Crippen LogP) is 3.51. The lowest BCUT2D eigenvalue weighted by atomic mass is 10.1. The van der Waals surface area contributed by atoms with Gasteiger partial charge in [0.25, 0.3) is 5.89 Å². The van der Waals surface area contributed by atoms with Crippen molar-refractivity contribution in [1.29, 1.82) is 0 Å². The zero-order valence-corrected chi connectivity index (χ0v) is 15.9. The van der Waals surface area contributed by atoms with Crippen LogP contribution in [0.25, 0.3) is 22.8 Å². The van der Waals surface area contributed by atoms with Crippen molar-refractivity contribution in [1.82, 2.24) is 10.1 Å². The molecule has 1 aliphatic heterocycles. The summed E-state index contributed by atoms with van der Waals surface area (Å²) in [4.78, 5) is 18.2. The van der Waals surface area contributed by atoms with Crippen molar-refractivity contribution < 1.29 is 14.1 Å². The summed E-state index contributed by atoms with van der Waals surface area (Å²) in [5.74, 6) is 0.844. The van der Waals surface area contributed by atoms with Gasteiger partial charge in [0.1, 0.15) is 0 Å². The second kappa shape index (κ2) is 7.82. The molecule has 3 aromatic rings. The Morgan fingerprint density at radius 1 is 1.11 bits per heavy atom. The number of nitrogens with one attached hydrogen (secondary N) is 1. The van der Waals surface area contributed by atoms with E-state index in [0.29, 0.717) is 11.7 Å². The molecule has 0 aliphatic carbocycles. The summed E-state index contributed by atoms with van der Waals surface area (Å²) in [6.45, 7) is 6.71. The molecule has 28 heavy (non-hydrogen) atoms. The number of aromatic nitrogens is 2. The van der Waals surface area contributed by atoms with Crippen molar-refractivity contribution >= 4 is 17.3 Å². The zero-order valence-electron chi connectivity index (χ0n) is 15.9. The van der Waals surface area contributed by atoms with Gasteiger partial charge in [-0.05, 0) is 48.9 Å². The van der Waals surface area contributed by atoms with Gasteiger partial charge < -0.3 is 19.5 Å². The molecule has 2 aromatic carbocycles. The summed E-state index contributed by atoms with van der Waals surface area (Å²) in [5.41, 5.74) is 4.47. The van der Waals surface area contributed by atoms with E-state index in [1.165, 1.54) is 6.92 Å². The highest BCUT2D eigenvalue weighted by Gasteiger charge is 2.16. The van der Waals surface area contributed by atoms with E-state index in [1.807, 2.05) is 37.3 Å². The maximum atomic E-state index is 11.4. The number of hydrogen-bond donors (Lipinski definition) is 1. The molecule has 4 rings (SSSR count). The standard InChI is InChI=1S/C21H22N4O3/c1-14-18(4-3-5-19(14)22-15(2)26)21-23-20(24-28-21)16-6-8-17(9-7-16)25-10-12-27-13-11-25/h3-9H,10-13H2,1-2H3,(H,22,26). The van der Waals surface area contributed by atoms with Crippen LogP contribution >= 0.6 is 0 Å². The third kappa shape index (κ3) is 3.75. The molecule has 1 fully saturated rings. The minimum atomic E-state index is -0.119. The lowest BCUT2D eigenvalue weighted by Gasteiger charge is -2.28. The molecule has 0 radical (unpaired) electrons. The van der Waals surface area contributed by atoms with Crippen LogP contribution in [0.3, 0.4) is 0 Å². The average molecular weight is 378 g/mol. The molecule has 0 spiro atoms. The average Bonchev–Trinajstić information content (AvgIpc) is 3.20. The Balaban J connectivity index is 1.57. The molecule has 7 heteroatoms. The van der Waals surface area contributed by atoms with Crippen molar-refractivity contribution in [3.8, 4) is 22.8 Å². The molecule has 2 heterocycles. The smallest absolute Gasteiger partial charge is 0.258 e. The fraction of sp³-hybridized carbons (Fsp3) is 0.286. The fourth-order valence-electron chi connectivity index (χ4n) is 3.29. The number of hydrogen-bond acceptors (Lipinski definition) is 6. The van der Waals surface area contributed by atoms with E-state index in [2.05, 4.69) is 32.5 Å². The predicted molar refractivity (Wildman–Crippen MR) is 107 cm³/mol. The van der Waals surface area contributed by atoms with Crippen molar-refractivity contribution in [3.63, 3.8) is 0 Å². The van der Waals surface area contributed by atoms with Gasteiger partial charge in [-0.25, -0.2) is 0 Å². The summed E-state index contributed by atoms with van der Waals surface area (Å²) in [6.07, 6.45) is 0. The van der Waals surface area contributed by atoms with Gasteiger partial charge in [0.2, 0.25) is 11.7 Å². The minimum Gasteiger partial charge on any atom is -0.378 e. The summed E-state index contributed by atoms with van der Waals surface area (Å²) in [6, 6.07) is 13.7. The van der Waals surface area contributed by atoms with Gasteiger partial charge in [0.05, 0.1) is 13.2 Å². The first-order valence-corrected chi connectivity index (χ1v) is 9.26. The molecule has 0 saturated carbocycles. The topological polar surface area (TPSA) is 80.5 Å². The zero-order chi connectivity index (χ0) is 19.5. The van der Waals surface area contributed by atoms with E-state index in [-0.39, 0.29) is 5.91 Å². The van der Waals surface area contributed by atoms with Crippen molar-refractivity contribution in [2.24, 2.45) is 0 Å². The van der Waals surface area contributed by atoms with Crippen LogP contribution in [0.5, 0.6) is 0 Å². The molecular formula is C21H22N4O3. The number of nitrogens with zero attached hydrogens (tertiary/aromatic N) is 3. The monoisotopic (exact) mass is 378 g/mol. The van der Waals surface area contributed by atoms with E-state index >= 15 is 0 Å². The van der Waals surface area contributed by atoms with Crippen LogP contribution in [-0.4, -0.2) is 42.4 Å². The molecule has 1 aromatic heterocycles. The summed E-state index contributed by atoms with van der Waals surface area (Å²) >= 11 is 0. The number of ether oxygens (including phenoxy) is 1. The third-order valence-electron chi connectivity index (χ3n) is 4.80. The van der Waals surface area contributed by atoms with Gasteiger partial charge in [0, 0.05) is 42.5 Å². The highest BCUT2D eigenvalue weighted by atomic mass is 16.5. The summed E-state index contributed by atoms with van der Waals surface area (Å²) in [5, 5.41) is 6.95. The molecule has 7 nitrogen and oxygen atoms in total. The number of anilines is 2. The van der Waals surface area contributed by atoms with E-state index in [9.17, 15) is 4.79 Å². The van der Waals surface area contributed by atoms with E-state index in [4.69, 9.17) is 9.26 Å². The first-order valence-electron chi connectivity index (χ1n) is 9.26. The van der Waals surface area contributed by atoms with Crippen molar-refractivity contribution in [2.45, 2.75) is 13.8 Å². The largest absolute Gasteiger partial charge is 0.378 e. The van der Waals surface area contributed by atoms with E-state index in [0.717, 1.165) is 54.4 Å². The number of carbonyl (C=O) groups is 1. The number of carbonyl (C=O) groups excluding carboxylic acids is 1. The van der Waals surface area contributed by atoms with Crippen LogP contribution in [-0.2, 0) is 9.53 Å². The van der Waals surface area contributed by atoms with E-state index < -0.39 is 0 Å². The molecule has 1 N–H and O–H groups in total. The van der Waals surface area contributed by atoms with Gasteiger partial charge in [-0.15, -0.1) is 0 Å². The van der Waals surface area contributed by atoms with Crippen LogP contribution in [0.4, 0.5) is 11.4 Å². The van der Waals surface area contributed by atoms with Crippen LogP contribution in [0, 0.1) is 6.92 Å². The molecule has 0 atom stereocenters. The van der Waals surface area contributed by atoms with Crippen molar-refractivity contribution in [3.05, 3.63) is 48.0 Å². The molecule has 0 bridgehead atoms. The minimum absolute atomic E-state index is 0.119. The number of benzene rings is 2. The normalized spacial score (nSPS) is 14.1. The molecule has 1 amide bonds. The van der Waals surface area contributed by atoms with Gasteiger partial charge >= 0.3 is 0 Å². The summed E-state index contributed by atoms with van der Waals surface area (Å²) in [7, 11) is 0. The second-order valence-corrected chi connectivity index (χ2v) is 6.73. The van der Waals surface area contributed by atoms with Gasteiger partial charge in [0.15, 0.2) is 0 Å². The SMILES string of the molecule is CC(=O)Nc1cccc(-c2nc(-c3ccc(N4CCOCC4)cc3)no2)c1C. The molecule has 1 saturated heterocycles. The fourth-order valence-corrected chi connectivity index (χ4v) is 3.29. The summed E-state index contributed by atoms with van der Waals surface area (Å²) < 4.78 is 10.9. The van der Waals surface area contributed by atoms with Gasteiger partial charge in [-0.2, -0.15) is 4.98 Å². The Morgan fingerprint density at radius 2 is 1.86 bits per heavy atom. The van der Waals surface area contributed by atoms with Crippen LogP contribution < -0.4 is 10.2 Å². The highest BCUT2D eigenvalue weighted by molar-refractivity contribution is 5.90. The molecule has 0 unspecified atom stereocenters. The van der Waals surface area contributed by atoms with Crippen molar-refractivity contribution in [2.75, 3.05) is 36.5 Å². The lowest BCUT2D eigenvalue weighted by molar-refractivity contribution is -0.114. The third-order valence-corrected chi connectivity index (χ3v) is 4.80. The van der Waals surface area contributed by atoms with Gasteiger partial charge in [-0.3, -0.25) is 4.79 Å². The Kier molecular flexibility index (Phi) is 5.08. The maximum absolute atomic E-state index is 11.4. The van der Waals surface area contributed by atoms with Crippen LogP contribution in [0.2, 0.25) is 0 Å². The quantitative estimate of drug-likeness (QED) is 0.748. The Hall–Kier alpha value is -3.19. The number of amides is 1. The first-order chi connectivity index (χ1) is 13.6. The van der Waals surface area contributed by atoms with Gasteiger partial charge in [-0.1, -0.05) is 11.2 Å². The molecule has 1 aliphatic rings. The Morgan fingerprint density at radius 3 is 2.57 bits per heavy atom. The maximum Gasteiger partial charge on any atom is 0.258 e. The molecular weight excluding hydrogens is 356 g/mol. The van der Waals surface area contributed by atoms with Crippen LogP contribution in [0.1, 0.15) is 12.5 Å². The second-order valence-electron chi connectivity index (χ2n) is 6.73. The number of morpholine rings is 1. The van der Waals surface area contributed by atoms with E-state index in [1.54, 1.807) is 0 Å². The number of rotatable bonds is 4. The first kappa shape index (κ1) is 18.2. The highest BCUT2D eigenvalue weighted by Crippen LogP contribution is 2.29. The Labute approximate surface area is 163 Å². The lowest BCUT2D eigenvalue weighted by Crippen LogP contribution is -2.36. The molecule has 144 valence electrons.